The second-order valence-electron chi connectivity index (χ2n) is 7.15. The van der Waals surface area contributed by atoms with E-state index in [0.29, 0.717) is 5.56 Å². The average molecular weight is 609 g/mol. The van der Waals surface area contributed by atoms with Crippen molar-refractivity contribution in [3.8, 4) is 33.6 Å². The zero-order valence-electron chi connectivity index (χ0n) is 18.0. The Morgan fingerprint density at radius 1 is 0.727 bits per heavy atom. The van der Waals surface area contributed by atoms with Crippen LogP contribution in [0.4, 0.5) is 4.39 Å². The molecule has 2 aromatic heterocycles. The van der Waals surface area contributed by atoms with Crippen molar-refractivity contribution in [1.82, 2.24) is 9.97 Å². The van der Waals surface area contributed by atoms with E-state index < -0.39 is 0 Å². The van der Waals surface area contributed by atoms with Crippen molar-refractivity contribution < 1.29 is 24.5 Å². The van der Waals surface area contributed by atoms with Crippen molar-refractivity contribution in [2.75, 3.05) is 0 Å². The van der Waals surface area contributed by atoms with Crippen LogP contribution >= 0.6 is 0 Å². The van der Waals surface area contributed by atoms with E-state index in [1.54, 1.807) is 12.3 Å². The molecule has 0 N–H and O–H groups in total. The van der Waals surface area contributed by atoms with E-state index in [-0.39, 0.29) is 25.9 Å². The summed E-state index contributed by atoms with van der Waals surface area (Å²) in [4.78, 5) is 8.65. The molecule has 5 rings (SSSR count). The van der Waals surface area contributed by atoms with Crippen LogP contribution < -0.4 is 0 Å². The molecule has 0 saturated carbocycles. The van der Waals surface area contributed by atoms with E-state index in [4.69, 9.17) is 0 Å². The molecule has 0 amide bonds. The standard InChI is InChI=1S/C18H13FN.C11H8N.Ir/c1-13-10-18(15-8-5-9-16(19)11-15)20-12-17(13)14-6-3-2-4-7-14;1-2-6-10(7-3-1)11-8-4-5-9-12-11;/h2-10,12H,1H3;1-6,8-9H;/q2*-1;. The van der Waals surface area contributed by atoms with Gasteiger partial charge in [0.15, 0.2) is 0 Å². The normalized spacial score (nSPS) is 9.88. The molecule has 0 saturated heterocycles. The number of halogens is 1. The van der Waals surface area contributed by atoms with Gasteiger partial charge in [-0.2, -0.15) is 0 Å². The van der Waals surface area contributed by atoms with Gasteiger partial charge in [0.2, 0.25) is 0 Å². The summed E-state index contributed by atoms with van der Waals surface area (Å²) in [6, 6.07) is 36.4. The predicted octanol–water partition coefficient (Wildman–Crippen LogP) is 7.21. The Bertz CT molecular complexity index is 1240. The molecule has 5 aromatic rings. The molecular formula is C29H21FIrN2-2. The number of rotatable bonds is 3. The third kappa shape index (κ3) is 6.52. The molecule has 33 heavy (non-hydrogen) atoms. The minimum Gasteiger partial charge on any atom is -0.305 e. The van der Waals surface area contributed by atoms with Crippen LogP contribution in [0.1, 0.15) is 5.56 Å². The number of aromatic nitrogens is 2. The van der Waals surface area contributed by atoms with Crippen molar-refractivity contribution >= 4 is 0 Å². The Morgan fingerprint density at radius 2 is 1.48 bits per heavy atom. The molecule has 2 heterocycles. The van der Waals surface area contributed by atoms with Crippen LogP contribution in [0.3, 0.4) is 0 Å². The largest absolute Gasteiger partial charge is 0.305 e. The number of benzene rings is 3. The first-order valence-corrected chi connectivity index (χ1v) is 10.3. The zero-order chi connectivity index (χ0) is 22.2. The summed E-state index contributed by atoms with van der Waals surface area (Å²) in [7, 11) is 0. The fourth-order valence-electron chi connectivity index (χ4n) is 3.29. The van der Waals surface area contributed by atoms with Gasteiger partial charge in [0.25, 0.3) is 0 Å². The van der Waals surface area contributed by atoms with Crippen molar-refractivity contribution in [3.05, 3.63) is 133 Å². The summed E-state index contributed by atoms with van der Waals surface area (Å²) in [5.74, 6) is -0.367. The van der Waals surface area contributed by atoms with Crippen molar-refractivity contribution in [3.63, 3.8) is 0 Å². The molecule has 1 radical (unpaired) electrons. The summed E-state index contributed by atoms with van der Waals surface area (Å²) in [5, 5.41) is 0. The third-order valence-corrected chi connectivity index (χ3v) is 4.88. The monoisotopic (exact) mass is 609 g/mol. The summed E-state index contributed by atoms with van der Waals surface area (Å²) in [5.41, 5.74) is 6.75. The Hall–Kier alpha value is -3.46. The molecule has 0 aliphatic heterocycles. The van der Waals surface area contributed by atoms with E-state index in [1.807, 2.05) is 85.9 Å². The Labute approximate surface area is 207 Å². The van der Waals surface area contributed by atoms with E-state index in [1.165, 1.54) is 6.07 Å². The number of pyridine rings is 2. The van der Waals surface area contributed by atoms with Crippen molar-refractivity contribution in [2.24, 2.45) is 0 Å². The third-order valence-electron chi connectivity index (χ3n) is 4.88. The van der Waals surface area contributed by atoms with Crippen LogP contribution in [0.15, 0.2) is 109 Å². The quantitative estimate of drug-likeness (QED) is 0.202. The van der Waals surface area contributed by atoms with Crippen LogP contribution in [-0.2, 0) is 20.1 Å². The topological polar surface area (TPSA) is 25.8 Å². The first-order chi connectivity index (χ1) is 15.7. The van der Waals surface area contributed by atoms with Gasteiger partial charge in [-0.3, -0.25) is 0 Å². The fraction of sp³-hybridized carbons (Fsp3) is 0.0345. The van der Waals surface area contributed by atoms with Gasteiger partial charge in [0, 0.05) is 43.9 Å². The van der Waals surface area contributed by atoms with Gasteiger partial charge >= 0.3 is 0 Å². The molecule has 165 valence electrons. The number of aryl methyl sites for hydroxylation is 1. The van der Waals surface area contributed by atoms with E-state index >= 15 is 0 Å². The minimum absolute atomic E-state index is 0. The molecule has 0 aliphatic carbocycles. The maximum atomic E-state index is 13.2. The van der Waals surface area contributed by atoms with Gasteiger partial charge in [-0.25, -0.2) is 4.39 Å². The smallest absolute Gasteiger partial charge is 0.0405 e. The zero-order valence-corrected chi connectivity index (χ0v) is 20.4. The van der Waals surface area contributed by atoms with Crippen molar-refractivity contribution in [1.29, 1.82) is 0 Å². The van der Waals surface area contributed by atoms with E-state index in [2.05, 4.69) is 34.2 Å². The maximum Gasteiger partial charge on any atom is 0.0405 e. The van der Waals surface area contributed by atoms with E-state index in [9.17, 15) is 4.39 Å². The van der Waals surface area contributed by atoms with Gasteiger partial charge in [0.1, 0.15) is 0 Å². The Morgan fingerprint density at radius 3 is 2.15 bits per heavy atom. The predicted molar refractivity (Wildman–Crippen MR) is 127 cm³/mol. The first-order valence-electron chi connectivity index (χ1n) is 10.3. The van der Waals surface area contributed by atoms with Crippen LogP contribution in [0.25, 0.3) is 33.6 Å². The first kappa shape index (κ1) is 24.2. The second-order valence-corrected chi connectivity index (χ2v) is 7.15. The molecule has 0 fully saturated rings. The summed E-state index contributed by atoms with van der Waals surface area (Å²) in [6.07, 6.45) is 3.62. The molecule has 4 heteroatoms. The molecule has 0 aliphatic rings. The Balaban J connectivity index is 0.000000202. The number of nitrogens with zero attached hydrogens (tertiary/aromatic N) is 2. The van der Waals surface area contributed by atoms with Gasteiger partial charge in [-0.15, -0.1) is 65.7 Å². The molecule has 0 unspecified atom stereocenters. The fourth-order valence-corrected chi connectivity index (χ4v) is 3.29. The average Bonchev–Trinajstić information content (AvgIpc) is 2.86. The van der Waals surface area contributed by atoms with Crippen LogP contribution in [-0.4, -0.2) is 9.97 Å². The minimum atomic E-state index is -0.367. The molecular weight excluding hydrogens is 588 g/mol. The van der Waals surface area contributed by atoms with Crippen LogP contribution in [0, 0.1) is 24.9 Å². The van der Waals surface area contributed by atoms with E-state index in [0.717, 1.165) is 33.6 Å². The molecule has 3 aromatic carbocycles. The van der Waals surface area contributed by atoms with Crippen LogP contribution in [0.5, 0.6) is 0 Å². The second kappa shape index (κ2) is 12.0. The van der Waals surface area contributed by atoms with Gasteiger partial charge < -0.3 is 9.97 Å². The van der Waals surface area contributed by atoms with Gasteiger partial charge in [-0.05, 0) is 35.5 Å². The van der Waals surface area contributed by atoms with Gasteiger partial charge in [0.05, 0.1) is 0 Å². The van der Waals surface area contributed by atoms with Crippen molar-refractivity contribution in [2.45, 2.75) is 6.92 Å². The molecule has 0 bridgehead atoms. The SMILES string of the molecule is Cc1cc(-c2[c-]c(F)ccc2)ncc1-c1ccccc1.[Ir].[c-]1ccccc1-c1ccccn1. The molecule has 0 spiro atoms. The maximum absolute atomic E-state index is 13.2. The summed E-state index contributed by atoms with van der Waals surface area (Å²) < 4.78 is 13.2. The molecule has 0 atom stereocenters. The van der Waals surface area contributed by atoms with Gasteiger partial charge in [-0.1, -0.05) is 48.5 Å². The number of hydrogen-bond acceptors (Lipinski definition) is 2. The summed E-state index contributed by atoms with van der Waals surface area (Å²) >= 11 is 0. The van der Waals surface area contributed by atoms with Crippen LogP contribution in [0.2, 0.25) is 0 Å². The molecule has 2 nitrogen and oxygen atoms in total. The Kier molecular flexibility index (Phi) is 8.77. The number of hydrogen-bond donors (Lipinski definition) is 0. The summed E-state index contributed by atoms with van der Waals surface area (Å²) in [6.45, 7) is 2.03.